The largest absolute Gasteiger partial charge is 0.367 e. The summed E-state index contributed by atoms with van der Waals surface area (Å²) < 4.78 is 1.65. The summed E-state index contributed by atoms with van der Waals surface area (Å²) >= 11 is 0. The lowest BCUT2D eigenvalue weighted by Crippen LogP contribution is -2.43. The molecule has 7 nitrogen and oxygen atoms in total. The summed E-state index contributed by atoms with van der Waals surface area (Å²) in [7, 11) is 0. The number of aryl methyl sites for hydroxylation is 1. The molecular formula is C28H28N6O. The first kappa shape index (κ1) is 22.6. The van der Waals surface area contributed by atoms with Crippen molar-refractivity contribution < 1.29 is 4.79 Å². The van der Waals surface area contributed by atoms with Crippen LogP contribution in [0.5, 0.6) is 0 Å². The average Bonchev–Trinajstić information content (AvgIpc) is 3.32. The fourth-order valence-corrected chi connectivity index (χ4v) is 4.21. The number of fused-ring (bicyclic) bond motifs is 1. The lowest BCUT2D eigenvalue weighted by atomic mass is 10.1. The Morgan fingerprint density at radius 3 is 2.69 bits per heavy atom. The van der Waals surface area contributed by atoms with Crippen LogP contribution in [0.4, 0.5) is 11.4 Å². The van der Waals surface area contributed by atoms with Gasteiger partial charge in [-0.3, -0.25) is 4.79 Å². The first-order valence-corrected chi connectivity index (χ1v) is 12.0. The number of para-hydroxylation sites is 2. The summed E-state index contributed by atoms with van der Waals surface area (Å²) in [5.41, 5.74) is 4.77. The van der Waals surface area contributed by atoms with Crippen LogP contribution >= 0.6 is 0 Å². The maximum Gasteiger partial charge on any atom is 0.274 e. The molecule has 7 heteroatoms. The second-order valence-electron chi connectivity index (χ2n) is 8.49. The maximum absolute atomic E-state index is 13.1. The molecule has 4 aromatic rings. The molecule has 5 rings (SSSR count). The van der Waals surface area contributed by atoms with Gasteiger partial charge in [0.05, 0.1) is 23.1 Å². The van der Waals surface area contributed by atoms with Crippen LogP contribution in [0.25, 0.3) is 5.65 Å². The quantitative estimate of drug-likeness (QED) is 0.336. The Kier molecular flexibility index (Phi) is 7.02. The topological polar surface area (TPSA) is 74.6 Å². The minimum absolute atomic E-state index is 0.252. The van der Waals surface area contributed by atoms with Crippen molar-refractivity contribution in [2.75, 3.05) is 36.4 Å². The van der Waals surface area contributed by atoms with Crippen molar-refractivity contribution in [3.63, 3.8) is 0 Å². The monoisotopic (exact) mass is 464 g/mol. The van der Waals surface area contributed by atoms with E-state index in [-0.39, 0.29) is 5.91 Å². The van der Waals surface area contributed by atoms with E-state index in [4.69, 9.17) is 0 Å². The van der Waals surface area contributed by atoms with Gasteiger partial charge in [-0.2, -0.15) is 5.10 Å². The van der Waals surface area contributed by atoms with Gasteiger partial charge < -0.3 is 15.5 Å². The van der Waals surface area contributed by atoms with Gasteiger partial charge in [0.1, 0.15) is 5.69 Å². The van der Waals surface area contributed by atoms with Crippen molar-refractivity contribution >= 4 is 22.9 Å². The molecule has 2 aromatic carbocycles. The number of benzene rings is 2. The lowest BCUT2D eigenvalue weighted by molar-refractivity contribution is 0.102. The van der Waals surface area contributed by atoms with Crippen LogP contribution in [0, 0.1) is 11.8 Å². The Labute approximate surface area is 205 Å². The summed E-state index contributed by atoms with van der Waals surface area (Å²) in [6.45, 7) is 3.66. The lowest BCUT2D eigenvalue weighted by Gasteiger charge is -2.31. The summed E-state index contributed by atoms with van der Waals surface area (Å²) in [5, 5.41) is 10.7. The van der Waals surface area contributed by atoms with Gasteiger partial charge in [0.15, 0.2) is 5.65 Å². The van der Waals surface area contributed by atoms with E-state index >= 15 is 0 Å². The second kappa shape index (κ2) is 10.9. The molecule has 0 unspecified atom stereocenters. The first-order chi connectivity index (χ1) is 17.3. The number of amides is 1. The van der Waals surface area contributed by atoms with Gasteiger partial charge in [0.2, 0.25) is 0 Å². The highest BCUT2D eigenvalue weighted by Gasteiger charge is 2.17. The van der Waals surface area contributed by atoms with Gasteiger partial charge in [0, 0.05) is 38.8 Å². The predicted molar refractivity (Wildman–Crippen MR) is 139 cm³/mol. The molecular weight excluding hydrogens is 436 g/mol. The van der Waals surface area contributed by atoms with Gasteiger partial charge >= 0.3 is 0 Å². The zero-order valence-electron chi connectivity index (χ0n) is 19.6. The number of anilines is 2. The minimum Gasteiger partial charge on any atom is -0.367 e. The highest BCUT2D eigenvalue weighted by atomic mass is 16.1. The number of rotatable bonds is 6. The van der Waals surface area contributed by atoms with Crippen LogP contribution in [-0.4, -0.2) is 46.7 Å². The van der Waals surface area contributed by atoms with Gasteiger partial charge in [0.25, 0.3) is 5.91 Å². The number of hydrogen-bond acceptors (Lipinski definition) is 5. The SMILES string of the molecule is O=C(Nc1ccccc1N1CCNCC1)c1ccn2ncc(C#CCCCc3ccccc3)c2n1. The van der Waals surface area contributed by atoms with Crippen LogP contribution in [0.2, 0.25) is 0 Å². The molecule has 1 aliphatic rings. The molecule has 1 saturated heterocycles. The normalized spacial score (nSPS) is 13.3. The molecule has 0 aliphatic carbocycles. The fourth-order valence-electron chi connectivity index (χ4n) is 4.21. The molecule has 1 amide bonds. The summed E-state index contributed by atoms with van der Waals surface area (Å²) in [4.78, 5) is 20.0. The molecule has 2 N–H and O–H groups in total. The maximum atomic E-state index is 13.1. The number of carbonyl (C=O) groups is 1. The summed E-state index contributed by atoms with van der Waals surface area (Å²) in [6.07, 6.45) is 6.23. The third-order valence-corrected chi connectivity index (χ3v) is 6.04. The predicted octanol–water partition coefficient (Wildman–Crippen LogP) is 3.77. The van der Waals surface area contributed by atoms with Crippen molar-refractivity contribution in [1.29, 1.82) is 0 Å². The van der Waals surface area contributed by atoms with Crippen molar-refractivity contribution in [2.45, 2.75) is 19.3 Å². The highest BCUT2D eigenvalue weighted by molar-refractivity contribution is 6.05. The van der Waals surface area contributed by atoms with Crippen molar-refractivity contribution in [1.82, 2.24) is 19.9 Å². The van der Waals surface area contributed by atoms with E-state index in [0.717, 1.165) is 62.4 Å². The molecule has 3 heterocycles. The van der Waals surface area contributed by atoms with E-state index in [0.29, 0.717) is 11.3 Å². The fraction of sp³-hybridized carbons (Fsp3) is 0.250. The van der Waals surface area contributed by atoms with Crippen LogP contribution in [0.15, 0.2) is 73.1 Å². The zero-order valence-corrected chi connectivity index (χ0v) is 19.6. The van der Waals surface area contributed by atoms with Crippen LogP contribution in [-0.2, 0) is 6.42 Å². The highest BCUT2D eigenvalue weighted by Crippen LogP contribution is 2.26. The molecule has 2 aromatic heterocycles. The van der Waals surface area contributed by atoms with Gasteiger partial charge in [-0.05, 0) is 36.6 Å². The summed E-state index contributed by atoms with van der Waals surface area (Å²) in [5.74, 6) is 6.16. The van der Waals surface area contributed by atoms with Gasteiger partial charge in [-0.15, -0.1) is 0 Å². The average molecular weight is 465 g/mol. The van der Waals surface area contributed by atoms with E-state index in [1.165, 1.54) is 5.56 Å². The second-order valence-corrected chi connectivity index (χ2v) is 8.49. The Morgan fingerprint density at radius 1 is 1.03 bits per heavy atom. The van der Waals surface area contributed by atoms with E-state index in [9.17, 15) is 4.79 Å². The minimum atomic E-state index is -0.252. The van der Waals surface area contributed by atoms with Crippen molar-refractivity contribution in [3.8, 4) is 11.8 Å². The Hall–Kier alpha value is -4.15. The van der Waals surface area contributed by atoms with Gasteiger partial charge in [-0.25, -0.2) is 9.50 Å². The standard InChI is InChI=1S/C28H28N6O/c35-28(32-24-13-7-8-14-26(24)33-19-16-29-17-20-33)25-15-18-34-27(31-25)23(21-30-34)12-6-2-5-11-22-9-3-1-4-10-22/h1,3-4,7-10,13-15,18,21,29H,2,5,11,16-17,19-20H2,(H,32,35). The van der Waals surface area contributed by atoms with Gasteiger partial charge in [-0.1, -0.05) is 54.3 Å². The molecule has 176 valence electrons. The molecule has 0 radical (unpaired) electrons. The number of piperazine rings is 1. The molecule has 1 aliphatic heterocycles. The Morgan fingerprint density at radius 2 is 1.83 bits per heavy atom. The number of aromatic nitrogens is 3. The molecule has 0 atom stereocenters. The Bertz CT molecular complexity index is 1360. The number of hydrogen-bond donors (Lipinski definition) is 2. The number of nitrogens with zero attached hydrogens (tertiary/aromatic N) is 4. The summed E-state index contributed by atoms with van der Waals surface area (Å²) in [6, 6.07) is 20.0. The van der Waals surface area contributed by atoms with E-state index in [1.54, 1.807) is 23.0 Å². The molecule has 0 saturated carbocycles. The van der Waals surface area contributed by atoms with E-state index in [2.05, 4.69) is 61.7 Å². The Balaban J connectivity index is 1.28. The smallest absolute Gasteiger partial charge is 0.274 e. The van der Waals surface area contributed by atoms with Crippen LogP contribution in [0.3, 0.4) is 0 Å². The van der Waals surface area contributed by atoms with E-state index < -0.39 is 0 Å². The zero-order chi connectivity index (χ0) is 23.9. The molecule has 1 fully saturated rings. The third-order valence-electron chi connectivity index (χ3n) is 6.04. The number of carbonyl (C=O) groups excluding carboxylic acids is 1. The number of unbranched alkanes of at least 4 members (excludes halogenated alkanes) is 1. The van der Waals surface area contributed by atoms with Crippen LogP contribution in [0.1, 0.15) is 34.5 Å². The van der Waals surface area contributed by atoms with Crippen molar-refractivity contribution in [2.24, 2.45) is 0 Å². The molecule has 0 bridgehead atoms. The molecule has 35 heavy (non-hydrogen) atoms. The van der Waals surface area contributed by atoms with Crippen molar-refractivity contribution in [3.05, 3.63) is 89.9 Å². The van der Waals surface area contributed by atoms with E-state index in [1.807, 2.05) is 30.3 Å². The number of nitrogens with one attached hydrogen (secondary N) is 2. The molecule has 0 spiro atoms. The third kappa shape index (κ3) is 5.51. The first-order valence-electron chi connectivity index (χ1n) is 12.0. The van der Waals surface area contributed by atoms with Crippen LogP contribution < -0.4 is 15.5 Å².